The number of hydrogen-bond acceptors (Lipinski definition) is 2. The van der Waals surface area contributed by atoms with E-state index in [0.29, 0.717) is 11.4 Å². The van der Waals surface area contributed by atoms with E-state index in [1.165, 1.54) is 5.56 Å². The molecule has 0 radical (unpaired) electrons. The van der Waals surface area contributed by atoms with Crippen LogP contribution in [0.25, 0.3) is 11.4 Å². The Kier molecular flexibility index (Phi) is 3.09. The summed E-state index contributed by atoms with van der Waals surface area (Å²) >= 11 is 0. The van der Waals surface area contributed by atoms with Crippen molar-refractivity contribution in [3.63, 3.8) is 0 Å². The number of hydrogen-bond donors (Lipinski definition) is 1. The summed E-state index contributed by atoms with van der Waals surface area (Å²) in [6, 6.07) is 7.98. The molecule has 17 heavy (non-hydrogen) atoms. The summed E-state index contributed by atoms with van der Waals surface area (Å²) in [4.78, 5) is 19.1. The van der Waals surface area contributed by atoms with Crippen LogP contribution in [0.2, 0.25) is 0 Å². The molecule has 0 amide bonds. The summed E-state index contributed by atoms with van der Waals surface area (Å²) in [6.07, 6.45) is 0.772. The second-order valence-electron chi connectivity index (χ2n) is 4.21. The molecule has 0 aliphatic rings. The molecule has 1 aromatic heterocycles. The van der Waals surface area contributed by atoms with Crippen molar-refractivity contribution in [3.8, 4) is 11.4 Å². The van der Waals surface area contributed by atoms with Gasteiger partial charge in [-0.25, -0.2) is 4.98 Å². The van der Waals surface area contributed by atoms with E-state index in [-0.39, 0.29) is 5.56 Å². The second kappa shape index (κ2) is 4.53. The van der Waals surface area contributed by atoms with Crippen LogP contribution in [-0.4, -0.2) is 9.97 Å². The molecule has 3 heteroatoms. The van der Waals surface area contributed by atoms with Crippen LogP contribution in [-0.2, 0) is 6.42 Å². The molecule has 0 bridgehead atoms. The Bertz CT molecular complexity index is 582. The van der Waals surface area contributed by atoms with E-state index in [4.69, 9.17) is 0 Å². The third kappa shape index (κ3) is 2.28. The summed E-state index contributed by atoms with van der Waals surface area (Å²) in [5.41, 5.74) is 3.67. The molecule has 2 aromatic rings. The van der Waals surface area contributed by atoms with Gasteiger partial charge in [-0.1, -0.05) is 36.8 Å². The number of H-pyrrole nitrogens is 1. The molecule has 0 aliphatic carbocycles. The van der Waals surface area contributed by atoms with E-state index >= 15 is 0 Å². The zero-order chi connectivity index (χ0) is 12.4. The molecule has 0 atom stereocenters. The van der Waals surface area contributed by atoms with Crippen LogP contribution in [0.5, 0.6) is 0 Å². The zero-order valence-electron chi connectivity index (χ0n) is 10.4. The average Bonchev–Trinajstić information content (AvgIpc) is 2.33. The fraction of sp³-hybridized carbons (Fsp3) is 0.286. The fourth-order valence-electron chi connectivity index (χ4n) is 1.77. The highest BCUT2D eigenvalue weighted by atomic mass is 16.1. The van der Waals surface area contributed by atoms with E-state index < -0.39 is 0 Å². The fourth-order valence-corrected chi connectivity index (χ4v) is 1.77. The van der Waals surface area contributed by atoms with Gasteiger partial charge in [-0.3, -0.25) is 4.79 Å². The van der Waals surface area contributed by atoms with Crippen molar-refractivity contribution in [2.24, 2.45) is 0 Å². The first-order valence-corrected chi connectivity index (χ1v) is 5.78. The maximum atomic E-state index is 11.8. The SMILES string of the molecule is CCc1nc(-c2ccc(C)cc2)[nH]c(=O)c1C. The van der Waals surface area contributed by atoms with Crippen molar-refractivity contribution < 1.29 is 0 Å². The second-order valence-corrected chi connectivity index (χ2v) is 4.21. The predicted octanol–water partition coefficient (Wildman–Crippen LogP) is 2.62. The lowest BCUT2D eigenvalue weighted by Gasteiger charge is -2.06. The molecule has 0 unspecified atom stereocenters. The lowest BCUT2D eigenvalue weighted by Crippen LogP contribution is -2.15. The van der Waals surface area contributed by atoms with Gasteiger partial charge in [-0.2, -0.15) is 0 Å². The third-order valence-electron chi connectivity index (χ3n) is 2.91. The number of aryl methyl sites for hydroxylation is 2. The van der Waals surface area contributed by atoms with Crippen molar-refractivity contribution in [3.05, 3.63) is 51.4 Å². The number of rotatable bonds is 2. The van der Waals surface area contributed by atoms with E-state index in [1.54, 1.807) is 0 Å². The Morgan fingerprint density at radius 1 is 1.18 bits per heavy atom. The van der Waals surface area contributed by atoms with Crippen LogP contribution in [0, 0.1) is 13.8 Å². The monoisotopic (exact) mass is 228 g/mol. The van der Waals surface area contributed by atoms with Crippen LogP contribution in [0.15, 0.2) is 29.1 Å². The predicted molar refractivity (Wildman–Crippen MR) is 69.1 cm³/mol. The lowest BCUT2D eigenvalue weighted by atomic mass is 10.1. The van der Waals surface area contributed by atoms with Gasteiger partial charge in [0.25, 0.3) is 5.56 Å². The minimum absolute atomic E-state index is 0.0487. The van der Waals surface area contributed by atoms with Gasteiger partial charge < -0.3 is 4.98 Å². The maximum Gasteiger partial charge on any atom is 0.254 e. The first-order valence-electron chi connectivity index (χ1n) is 5.78. The number of nitrogens with one attached hydrogen (secondary N) is 1. The topological polar surface area (TPSA) is 45.8 Å². The van der Waals surface area contributed by atoms with E-state index in [1.807, 2.05) is 45.0 Å². The summed E-state index contributed by atoms with van der Waals surface area (Å²) in [5.74, 6) is 0.650. The zero-order valence-corrected chi connectivity index (χ0v) is 10.4. The summed E-state index contributed by atoms with van der Waals surface area (Å²) < 4.78 is 0. The van der Waals surface area contributed by atoms with Gasteiger partial charge >= 0.3 is 0 Å². The first-order chi connectivity index (χ1) is 8.11. The van der Waals surface area contributed by atoms with Crippen LogP contribution >= 0.6 is 0 Å². The molecule has 0 aliphatic heterocycles. The maximum absolute atomic E-state index is 11.8. The van der Waals surface area contributed by atoms with Crippen LogP contribution < -0.4 is 5.56 Å². The van der Waals surface area contributed by atoms with Gasteiger partial charge in [-0.05, 0) is 20.3 Å². The van der Waals surface area contributed by atoms with E-state index in [0.717, 1.165) is 17.7 Å². The number of nitrogens with zero attached hydrogens (tertiary/aromatic N) is 1. The van der Waals surface area contributed by atoms with E-state index in [2.05, 4.69) is 9.97 Å². The summed E-state index contributed by atoms with van der Waals surface area (Å²) in [5, 5.41) is 0. The van der Waals surface area contributed by atoms with Crippen LogP contribution in [0.4, 0.5) is 0 Å². The van der Waals surface area contributed by atoms with Gasteiger partial charge in [0.2, 0.25) is 0 Å². The molecule has 1 heterocycles. The van der Waals surface area contributed by atoms with Crippen molar-refractivity contribution in [2.75, 3.05) is 0 Å². The molecular weight excluding hydrogens is 212 g/mol. The molecule has 0 spiro atoms. The van der Waals surface area contributed by atoms with Gasteiger partial charge in [-0.15, -0.1) is 0 Å². The first kappa shape index (κ1) is 11.6. The summed E-state index contributed by atoms with van der Waals surface area (Å²) in [6.45, 7) is 5.85. The van der Waals surface area contributed by atoms with Crippen molar-refractivity contribution >= 4 is 0 Å². The Labute approximate surface area is 101 Å². The summed E-state index contributed by atoms with van der Waals surface area (Å²) in [7, 11) is 0. The molecular formula is C14H16N2O. The molecule has 0 saturated heterocycles. The van der Waals surface area contributed by atoms with Gasteiger partial charge in [0.05, 0.1) is 5.69 Å². The van der Waals surface area contributed by atoms with E-state index in [9.17, 15) is 4.79 Å². The Morgan fingerprint density at radius 2 is 1.82 bits per heavy atom. The average molecular weight is 228 g/mol. The van der Waals surface area contributed by atoms with Crippen LogP contribution in [0.1, 0.15) is 23.7 Å². The number of aromatic nitrogens is 2. The Morgan fingerprint density at radius 3 is 2.41 bits per heavy atom. The minimum atomic E-state index is -0.0487. The largest absolute Gasteiger partial charge is 0.306 e. The van der Waals surface area contributed by atoms with Gasteiger partial charge in [0.15, 0.2) is 0 Å². The minimum Gasteiger partial charge on any atom is -0.306 e. The highest BCUT2D eigenvalue weighted by Crippen LogP contribution is 2.15. The molecule has 1 N–H and O–H groups in total. The smallest absolute Gasteiger partial charge is 0.254 e. The quantitative estimate of drug-likeness (QED) is 0.858. The van der Waals surface area contributed by atoms with Crippen molar-refractivity contribution in [1.29, 1.82) is 0 Å². The van der Waals surface area contributed by atoms with Gasteiger partial charge in [0.1, 0.15) is 5.82 Å². The van der Waals surface area contributed by atoms with Crippen LogP contribution in [0.3, 0.4) is 0 Å². The Hall–Kier alpha value is -1.90. The van der Waals surface area contributed by atoms with Gasteiger partial charge in [0, 0.05) is 11.1 Å². The molecule has 0 fully saturated rings. The highest BCUT2D eigenvalue weighted by Gasteiger charge is 2.07. The molecule has 0 saturated carbocycles. The molecule has 1 aromatic carbocycles. The number of aromatic amines is 1. The van der Waals surface area contributed by atoms with Crippen molar-refractivity contribution in [2.45, 2.75) is 27.2 Å². The molecule has 88 valence electrons. The molecule has 2 rings (SSSR count). The highest BCUT2D eigenvalue weighted by molar-refractivity contribution is 5.55. The Balaban J connectivity index is 2.56. The lowest BCUT2D eigenvalue weighted by molar-refractivity contribution is 0.955. The number of benzene rings is 1. The standard InChI is InChI=1S/C14H16N2O/c1-4-12-10(3)14(17)16-13(15-12)11-7-5-9(2)6-8-11/h5-8H,4H2,1-3H3,(H,15,16,17). The molecule has 3 nitrogen and oxygen atoms in total. The normalized spacial score (nSPS) is 10.5. The third-order valence-corrected chi connectivity index (χ3v) is 2.91. The van der Waals surface area contributed by atoms with Crippen molar-refractivity contribution in [1.82, 2.24) is 9.97 Å².